The van der Waals surface area contributed by atoms with Crippen LogP contribution >= 0.6 is 11.8 Å². The van der Waals surface area contributed by atoms with E-state index in [4.69, 9.17) is 4.42 Å². The largest absolute Gasteiger partial charge is 0.398 e. The van der Waals surface area contributed by atoms with Gasteiger partial charge in [-0.25, -0.2) is 0 Å². The molecule has 1 aromatic heterocycles. The summed E-state index contributed by atoms with van der Waals surface area (Å²) < 4.78 is 8.62. The van der Waals surface area contributed by atoms with E-state index < -0.39 is 0 Å². The van der Waals surface area contributed by atoms with Crippen molar-refractivity contribution in [3.8, 4) is 0 Å². The van der Waals surface area contributed by atoms with Crippen LogP contribution in [0.15, 0.2) is 110 Å². The van der Waals surface area contributed by atoms with E-state index in [0.717, 1.165) is 37.4 Å². The molecule has 0 radical (unpaired) electrons. The van der Waals surface area contributed by atoms with Gasteiger partial charge in [0.2, 0.25) is 5.58 Å². The predicted octanol–water partition coefficient (Wildman–Crippen LogP) is 10.2. The lowest BCUT2D eigenvalue weighted by molar-refractivity contribution is -0.673. The number of anilines is 1. The van der Waals surface area contributed by atoms with Gasteiger partial charge in [0, 0.05) is 11.4 Å². The molecule has 1 aliphatic heterocycles. The molecule has 0 bridgehead atoms. The molecule has 0 amide bonds. The second-order valence-electron chi connectivity index (χ2n) is 12.1. The monoisotopic (exact) mass is 561 g/mol. The molecule has 1 aliphatic carbocycles. The molecular formula is C37H41N2OS+. The molecule has 3 aromatic carbocycles. The molecule has 0 unspecified atom stereocenters. The number of rotatable bonds is 8. The van der Waals surface area contributed by atoms with Crippen LogP contribution in [0.2, 0.25) is 0 Å². The van der Waals surface area contributed by atoms with Crippen molar-refractivity contribution in [3.63, 3.8) is 0 Å². The highest BCUT2D eigenvalue weighted by Crippen LogP contribution is 2.47. The third-order valence-corrected chi connectivity index (χ3v) is 9.26. The van der Waals surface area contributed by atoms with E-state index in [2.05, 4.69) is 128 Å². The Labute approximate surface area is 248 Å². The molecule has 0 N–H and O–H groups in total. The Bertz CT molecular complexity index is 1700. The van der Waals surface area contributed by atoms with Crippen molar-refractivity contribution in [3.05, 3.63) is 107 Å². The number of hydrogen-bond donors (Lipinski definition) is 0. The van der Waals surface area contributed by atoms with Crippen LogP contribution in [0.25, 0.3) is 27.9 Å². The fraction of sp³-hybridized carbons (Fsp3) is 0.324. The first-order valence-corrected chi connectivity index (χ1v) is 16.0. The van der Waals surface area contributed by atoms with Crippen molar-refractivity contribution in [2.75, 3.05) is 11.4 Å². The lowest BCUT2D eigenvalue weighted by atomic mass is 9.75. The number of hydrogen-bond acceptors (Lipinski definition) is 3. The third kappa shape index (κ3) is 5.81. The van der Waals surface area contributed by atoms with Gasteiger partial charge in [0.1, 0.15) is 6.54 Å². The normalized spacial score (nSPS) is 18.7. The Morgan fingerprint density at radius 1 is 0.976 bits per heavy atom. The van der Waals surface area contributed by atoms with Crippen LogP contribution in [0, 0.1) is 5.41 Å². The second-order valence-corrected chi connectivity index (χ2v) is 13.1. The summed E-state index contributed by atoms with van der Waals surface area (Å²) in [6.45, 7) is 11.2. The van der Waals surface area contributed by atoms with Crippen molar-refractivity contribution in [1.82, 2.24) is 0 Å². The molecule has 3 nitrogen and oxygen atoms in total. The number of oxazole rings is 1. The van der Waals surface area contributed by atoms with E-state index in [-0.39, 0.29) is 5.41 Å². The third-order valence-electron chi connectivity index (χ3n) is 8.15. The average Bonchev–Trinajstić information content (AvgIpc) is 3.49. The van der Waals surface area contributed by atoms with E-state index in [1.54, 1.807) is 0 Å². The summed E-state index contributed by atoms with van der Waals surface area (Å²) in [5.74, 6) is 0.889. The first-order valence-electron chi connectivity index (χ1n) is 15.1. The Balaban J connectivity index is 1.30. The van der Waals surface area contributed by atoms with E-state index in [9.17, 15) is 0 Å². The van der Waals surface area contributed by atoms with Crippen molar-refractivity contribution in [1.29, 1.82) is 0 Å². The molecule has 6 rings (SSSR count). The van der Waals surface area contributed by atoms with Crippen LogP contribution < -0.4 is 9.47 Å². The van der Waals surface area contributed by atoms with Crippen molar-refractivity contribution in [2.45, 2.75) is 71.2 Å². The van der Waals surface area contributed by atoms with Gasteiger partial charge < -0.3 is 9.32 Å². The molecule has 0 fully saturated rings. The molecule has 2 aliphatic rings. The van der Waals surface area contributed by atoms with Gasteiger partial charge in [-0.15, -0.1) is 0 Å². The second kappa shape index (κ2) is 11.8. The van der Waals surface area contributed by atoms with Gasteiger partial charge in [0.25, 0.3) is 5.52 Å². The average molecular weight is 562 g/mol. The molecule has 4 heteroatoms. The summed E-state index contributed by atoms with van der Waals surface area (Å²) in [4.78, 5) is 3.91. The fourth-order valence-corrected chi connectivity index (χ4v) is 7.51. The van der Waals surface area contributed by atoms with Crippen LogP contribution in [0.1, 0.15) is 65.7 Å². The SMILES string of the molecule is CCCCCN1C(=CC2=CC(=CC=Cc3oc4ccc5ccccc5c4[n+]3CC)CC(C)(C)C2)Sc2ccccc21. The number of fused-ring (bicyclic) bond motifs is 4. The minimum absolute atomic E-state index is 0.214. The molecule has 0 spiro atoms. The minimum atomic E-state index is 0.214. The predicted molar refractivity (Wildman–Crippen MR) is 175 cm³/mol. The number of thioether (sulfide) groups is 1. The summed E-state index contributed by atoms with van der Waals surface area (Å²) in [5.41, 5.74) is 6.46. The van der Waals surface area contributed by atoms with Gasteiger partial charge in [-0.1, -0.05) is 100 Å². The molecular weight excluding hydrogens is 520 g/mol. The number of unbranched alkanes of at least 4 members (excludes halogenated alkanes) is 2. The van der Waals surface area contributed by atoms with Crippen molar-refractivity contribution in [2.24, 2.45) is 5.41 Å². The smallest absolute Gasteiger partial charge is 0.374 e. The fourth-order valence-electron chi connectivity index (χ4n) is 6.34. The number of nitrogens with zero attached hydrogens (tertiary/aromatic N) is 2. The van der Waals surface area contributed by atoms with Crippen molar-refractivity contribution >= 4 is 45.4 Å². The van der Waals surface area contributed by atoms with Crippen LogP contribution in [0.5, 0.6) is 0 Å². The number of aryl methyl sites for hydroxylation is 1. The topological polar surface area (TPSA) is 20.3 Å². The van der Waals surface area contributed by atoms with Gasteiger partial charge in [0.05, 0.1) is 22.2 Å². The molecule has 4 aromatic rings. The maximum atomic E-state index is 6.33. The van der Waals surface area contributed by atoms with Crippen LogP contribution in [0.3, 0.4) is 0 Å². The molecule has 0 saturated carbocycles. The first-order chi connectivity index (χ1) is 20.0. The van der Waals surface area contributed by atoms with Crippen LogP contribution in [-0.2, 0) is 6.54 Å². The maximum Gasteiger partial charge on any atom is 0.374 e. The quantitative estimate of drug-likeness (QED) is 0.158. The molecule has 41 heavy (non-hydrogen) atoms. The zero-order valence-corrected chi connectivity index (χ0v) is 25.6. The maximum absolute atomic E-state index is 6.33. The summed E-state index contributed by atoms with van der Waals surface area (Å²) in [6.07, 6.45) is 17.3. The first kappa shape index (κ1) is 27.7. The Kier molecular flexibility index (Phi) is 7.94. The lowest BCUT2D eigenvalue weighted by Crippen LogP contribution is -2.33. The van der Waals surface area contributed by atoms with E-state index in [1.165, 1.54) is 62.3 Å². The lowest BCUT2D eigenvalue weighted by Gasteiger charge is -2.31. The molecule has 210 valence electrons. The van der Waals surface area contributed by atoms with Crippen LogP contribution in [-0.4, -0.2) is 6.54 Å². The van der Waals surface area contributed by atoms with Gasteiger partial charge >= 0.3 is 5.89 Å². The summed E-state index contributed by atoms with van der Waals surface area (Å²) >= 11 is 1.92. The number of para-hydroxylation sites is 1. The summed E-state index contributed by atoms with van der Waals surface area (Å²) in [6, 6.07) is 21.6. The van der Waals surface area contributed by atoms with Gasteiger partial charge in [-0.05, 0) is 78.5 Å². The van der Waals surface area contributed by atoms with Gasteiger partial charge in [-0.2, -0.15) is 4.57 Å². The number of aromatic nitrogens is 1. The highest BCUT2D eigenvalue weighted by Gasteiger charge is 2.28. The zero-order valence-electron chi connectivity index (χ0n) is 24.8. The van der Waals surface area contributed by atoms with E-state index in [0.29, 0.717) is 0 Å². The van der Waals surface area contributed by atoms with Gasteiger partial charge in [-0.3, -0.25) is 0 Å². The Morgan fingerprint density at radius 3 is 2.66 bits per heavy atom. The number of allylic oxidation sites excluding steroid dienone is 6. The Hall–Kier alpha value is -3.50. The highest BCUT2D eigenvalue weighted by molar-refractivity contribution is 8.03. The molecule has 2 heterocycles. The minimum Gasteiger partial charge on any atom is -0.398 e. The summed E-state index contributed by atoms with van der Waals surface area (Å²) in [7, 11) is 0. The van der Waals surface area contributed by atoms with Gasteiger partial charge in [0.15, 0.2) is 0 Å². The Morgan fingerprint density at radius 2 is 1.80 bits per heavy atom. The van der Waals surface area contributed by atoms with E-state index in [1.807, 2.05) is 11.8 Å². The van der Waals surface area contributed by atoms with Crippen LogP contribution in [0.4, 0.5) is 5.69 Å². The molecule has 0 saturated heterocycles. The standard InChI is InChI=1S/C37H41N2OS/c1-5-7-12-22-39-31-17-10-11-18-33(31)41-35(39)24-28-23-27(25-37(3,4)26-28)14-13-19-34-38(6-2)36-30-16-9-8-15-29(30)20-21-32(36)40-34/h8-11,13-21,23-24H,5-7,12,22,25-26H2,1-4H3/q+1. The van der Waals surface area contributed by atoms with Crippen molar-refractivity contribution < 1.29 is 8.98 Å². The zero-order chi connectivity index (χ0) is 28.4. The van der Waals surface area contributed by atoms with E-state index >= 15 is 0 Å². The number of benzene rings is 3. The highest BCUT2D eigenvalue weighted by atomic mass is 32.2. The summed E-state index contributed by atoms with van der Waals surface area (Å²) in [5, 5.41) is 3.84. The molecule has 0 atom stereocenters.